The van der Waals surface area contributed by atoms with Gasteiger partial charge in [-0.15, -0.1) is 21.9 Å². The summed E-state index contributed by atoms with van der Waals surface area (Å²) >= 11 is 0. The molecule has 0 saturated carbocycles. The lowest BCUT2D eigenvalue weighted by atomic mass is 9.12. The summed E-state index contributed by atoms with van der Waals surface area (Å²) in [6, 6.07) is -2.92. The molecule has 0 radical (unpaired) electrons. The van der Waals surface area contributed by atoms with E-state index < -0.39 is 145 Å². The van der Waals surface area contributed by atoms with Gasteiger partial charge in [0.15, 0.2) is 46.5 Å². The van der Waals surface area contributed by atoms with Crippen molar-refractivity contribution in [3.05, 3.63) is 117 Å². The molecule has 0 aliphatic heterocycles. The summed E-state index contributed by atoms with van der Waals surface area (Å²) in [7, 11) is 0. The third-order valence-electron chi connectivity index (χ3n) is 6.33. The Kier molecular flexibility index (Phi) is 7.29. The Bertz CT molecular complexity index is 1510. The maximum atomic E-state index is 15.3. The van der Waals surface area contributed by atoms with Crippen LogP contribution in [-0.2, 0) is 0 Å². The van der Waals surface area contributed by atoms with Crippen molar-refractivity contribution in [3.63, 3.8) is 0 Å². The van der Waals surface area contributed by atoms with Crippen LogP contribution in [0.2, 0.25) is 0 Å². The molecule has 4 aromatic carbocycles. The van der Waals surface area contributed by atoms with Gasteiger partial charge < -0.3 is 0 Å². The lowest BCUT2D eigenvalue weighted by molar-refractivity contribution is 0.434. The second-order valence-corrected chi connectivity index (χ2v) is 8.39. The second kappa shape index (κ2) is 10.0. The molecule has 0 nitrogen and oxygen atoms in total. The molecule has 41 heavy (non-hydrogen) atoms. The molecule has 0 spiro atoms. The van der Waals surface area contributed by atoms with E-state index in [4.69, 9.17) is 0 Å². The van der Waals surface area contributed by atoms with Crippen LogP contribution in [0.5, 0.6) is 0 Å². The highest BCUT2D eigenvalue weighted by Crippen LogP contribution is 2.27. The molecule has 0 unspecified atom stereocenters. The minimum atomic E-state index is -6.18. The van der Waals surface area contributed by atoms with Crippen LogP contribution < -0.4 is 21.9 Å². The molecule has 0 bridgehead atoms. The van der Waals surface area contributed by atoms with Gasteiger partial charge in [-0.1, -0.05) is 0 Å². The van der Waals surface area contributed by atoms with Gasteiger partial charge >= 0.3 is 0 Å². The van der Waals surface area contributed by atoms with Crippen LogP contribution in [0.25, 0.3) is 0 Å². The summed E-state index contributed by atoms with van der Waals surface area (Å²) in [6.45, 7) is 0. The normalized spacial score (nSPS) is 11.9. The first-order valence-corrected chi connectivity index (χ1v) is 10.5. The summed E-state index contributed by atoms with van der Waals surface area (Å²) in [6.07, 6.45) is -6.18. The quantitative estimate of drug-likeness (QED) is 0.128. The lowest BCUT2D eigenvalue weighted by Crippen LogP contribution is -2.80. The second-order valence-electron chi connectivity index (χ2n) is 8.39. The molecule has 0 aromatic heterocycles. The lowest BCUT2D eigenvalue weighted by Gasteiger charge is -2.44. The molecule has 0 aliphatic rings. The monoisotopic (exact) mass is 607 g/mol. The molecule has 4 rings (SSSR count). The van der Waals surface area contributed by atoms with E-state index in [1.165, 1.54) is 0 Å². The largest absolute Gasteiger partial charge is 0.210 e. The topological polar surface area (TPSA) is 0 Å². The van der Waals surface area contributed by atoms with E-state index >= 15 is 35.1 Å². The summed E-state index contributed by atoms with van der Waals surface area (Å²) in [4.78, 5) is 0. The average molecular weight is 607 g/mol. The van der Waals surface area contributed by atoms with E-state index in [9.17, 15) is 35.1 Å². The molecular weight excluding hydrogens is 603 g/mol. The van der Waals surface area contributed by atoms with Gasteiger partial charge in [-0.2, -0.15) is 0 Å². The van der Waals surface area contributed by atoms with Crippen LogP contribution in [0.4, 0.5) is 70.2 Å². The molecular formula is C24H4BF16-. The molecule has 4 aromatic rings. The Labute approximate surface area is 216 Å². The highest BCUT2D eigenvalue weighted by atomic mass is 19.2. The van der Waals surface area contributed by atoms with Gasteiger partial charge in [0.2, 0.25) is 0 Å². The first-order chi connectivity index (χ1) is 19.0. The van der Waals surface area contributed by atoms with E-state index in [1.54, 1.807) is 0 Å². The fourth-order valence-electron chi connectivity index (χ4n) is 4.77. The van der Waals surface area contributed by atoms with Crippen molar-refractivity contribution in [1.29, 1.82) is 0 Å². The molecule has 0 fully saturated rings. The molecule has 0 aliphatic carbocycles. The zero-order chi connectivity index (χ0) is 30.9. The minimum absolute atomic E-state index is 0.731. The summed E-state index contributed by atoms with van der Waals surface area (Å²) in [5.74, 6) is -45.1. The average Bonchev–Trinajstić information content (AvgIpc) is 2.87. The minimum Gasteiger partial charge on any atom is -0.210 e. The van der Waals surface area contributed by atoms with Crippen molar-refractivity contribution in [3.8, 4) is 0 Å². The predicted molar refractivity (Wildman–Crippen MR) is 109 cm³/mol. The van der Waals surface area contributed by atoms with Crippen LogP contribution in [0.3, 0.4) is 0 Å². The van der Waals surface area contributed by atoms with Crippen molar-refractivity contribution in [2.24, 2.45) is 0 Å². The Balaban J connectivity index is 2.57. The van der Waals surface area contributed by atoms with Gasteiger partial charge in [0.05, 0.1) is 23.3 Å². The van der Waals surface area contributed by atoms with E-state index in [0.717, 1.165) is 0 Å². The fraction of sp³-hybridized carbons (Fsp3) is 0. The highest BCUT2D eigenvalue weighted by Gasteiger charge is 2.49. The highest BCUT2D eigenvalue weighted by molar-refractivity contribution is 7.20. The standard InChI is InChI=1S/C24H4BF16/c26-5-1-9(30)17(34)21(38)13(5)25(14-6(27)2-10(31)18(35)22(14)39,15-7(28)3-11(32)19(36)23(15)40)16-8(29)4-12(33)20(37)24(16)41/h1-4H/q-1. The van der Waals surface area contributed by atoms with Crippen molar-refractivity contribution < 1.29 is 70.2 Å². The molecule has 0 saturated heterocycles. The van der Waals surface area contributed by atoms with Crippen LogP contribution in [0, 0.1) is 93.1 Å². The van der Waals surface area contributed by atoms with Crippen molar-refractivity contribution in [2.75, 3.05) is 0 Å². The van der Waals surface area contributed by atoms with E-state index in [2.05, 4.69) is 0 Å². The Morgan fingerprint density at radius 1 is 0.244 bits per heavy atom. The summed E-state index contributed by atoms with van der Waals surface area (Å²) < 4.78 is 235. The summed E-state index contributed by atoms with van der Waals surface area (Å²) in [5, 5.41) is 0. The van der Waals surface area contributed by atoms with E-state index in [-0.39, 0.29) is 0 Å². The number of rotatable bonds is 4. The third kappa shape index (κ3) is 4.11. The molecule has 216 valence electrons. The molecule has 0 heterocycles. The zero-order valence-corrected chi connectivity index (χ0v) is 18.9. The van der Waals surface area contributed by atoms with Gasteiger partial charge in [-0.25, -0.2) is 70.2 Å². The van der Waals surface area contributed by atoms with Crippen LogP contribution in [0.1, 0.15) is 0 Å². The molecule has 0 atom stereocenters. The van der Waals surface area contributed by atoms with Gasteiger partial charge in [0.25, 0.3) is 0 Å². The van der Waals surface area contributed by atoms with Crippen molar-refractivity contribution in [1.82, 2.24) is 0 Å². The SMILES string of the molecule is Fc1cc(F)c([B-](c2c(F)cc(F)c(F)c2F)(c2c(F)cc(F)c(F)c2F)c2c(F)cc(F)c(F)c2F)c(F)c1F. The van der Waals surface area contributed by atoms with E-state index in [1.807, 2.05) is 0 Å². The van der Waals surface area contributed by atoms with Crippen LogP contribution in [-0.4, -0.2) is 6.15 Å². The zero-order valence-electron chi connectivity index (χ0n) is 18.9. The van der Waals surface area contributed by atoms with Gasteiger partial charge in [-0.05, 0) is 0 Å². The molecule has 0 N–H and O–H groups in total. The predicted octanol–water partition coefficient (Wildman–Crippen LogP) is 5.29. The van der Waals surface area contributed by atoms with Crippen molar-refractivity contribution >= 4 is 28.0 Å². The Hall–Kier alpha value is -4.18. The summed E-state index contributed by atoms with van der Waals surface area (Å²) in [5.41, 5.74) is -10.9. The smallest absolute Gasteiger partial charge is 0.191 e. The van der Waals surface area contributed by atoms with Crippen LogP contribution >= 0.6 is 0 Å². The van der Waals surface area contributed by atoms with E-state index in [0.29, 0.717) is 0 Å². The number of hydrogen-bond acceptors (Lipinski definition) is 0. The first-order valence-electron chi connectivity index (χ1n) is 10.5. The number of hydrogen-bond donors (Lipinski definition) is 0. The fourth-order valence-corrected chi connectivity index (χ4v) is 4.77. The number of benzene rings is 4. The Morgan fingerprint density at radius 3 is 0.585 bits per heavy atom. The maximum Gasteiger partial charge on any atom is 0.191 e. The third-order valence-corrected chi connectivity index (χ3v) is 6.33. The van der Waals surface area contributed by atoms with Gasteiger partial charge in [0.1, 0.15) is 29.4 Å². The maximum absolute atomic E-state index is 15.3. The van der Waals surface area contributed by atoms with Crippen molar-refractivity contribution in [2.45, 2.75) is 0 Å². The van der Waals surface area contributed by atoms with Crippen LogP contribution in [0.15, 0.2) is 24.3 Å². The first kappa shape index (κ1) is 29.8. The Morgan fingerprint density at radius 2 is 0.415 bits per heavy atom. The van der Waals surface area contributed by atoms with Gasteiger partial charge in [-0.3, -0.25) is 0 Å². The molecule has 17 heteroatoms. The van der Waals surface area contributed by atoms with Gasteiger partial charge in [0, 0.05) is 24.3 Å². The molecule has 0 amide bonds. The number of halogens is 16.